The first kappa shape index (κ1) is 31.6. The summed E-state index contributed by atoms with van der Waals surface area (Å²) >= 11 is 1.87. The number of para-hydroxylation sites is 2. The minimum absolute atomic E-state index is 0.907. The predicted octanol–water partition coefficient (Wildman–Crippen LogP) is 15.6. The van der Waals surface area contributed by atoms with Gasteiger partial charge < -0.3 is 9.32 Å². The summed E-state index contributed by atoms with van der Waals surface area (Å²) in [7, 11) is 0. The smallest absolute Gasteiger partial charge is 0.143 e. The lowest BCUT2D eigenvalue weighted by molar-refractivity contribution is 0.670. The zero-order valence-electron chi connectivity index (χ0n) is 29.8. The Bertz CT molecular complexity index is 3190. The van der Waals surface area contributed by atoms with Gasteiger partial charge in [-0.3, -0.25) is 0 Å². The van der Waals surface area contributed by atoms with Gasteiger partial charge >= 0.3 is 0 Å². The molecule has 258 valence electrons. The number of fused-ring (bicyclic) bond motifs is 7. The normalized spacial score (nSPS) is 11.6. The number of nitrogens with zero attached hydrogens (tertiary/aromatic N) is 1. The van der Waals surface area contributed by atoms with Gasteiger partial charge in [-0.15, -0.1) is 11.3 Å². The summed E-state index contributed by atoms with van der Waals surface area (Å²) in [6.45, 7) is 0. The topological polar surface area (TPSA) is 16.4 Å². The number of hydrogen-bond donors (Lipinski definition) is 0. The molecular formula is C52H33NOS. The average Bonchev–Trinajstić information content (AvgIpc) is 3.83. The van der Waals surface area contributed by atoms with E-state index in [1.165, 1.54) is 58.9 Å². The van der Waals surface area contributed by atoms with Gasteiger partial charge in [0.1, 0.15) is 11.2 Å². The summed E-state index contributed by atoms with van der Waals surface area (Å²) < 4.78 is 9.00. The van der Waals surface area contributed by atoms with Crippen molar-refractivity contribution in [1.82, 2.24) is 0 Å². The van der Waals surface area contributed by atoms with Gasteiger partial charge in [-0.2, -0.15) is 0 Å². The molecule has 0 amide bonds. The highest BCUT2D eigenvalue weighted by Crippen LogP contribution is 2.50. The van der Waals surface area contributed by atoms with Crippen molar-refractivity contribution in [2.45, 2.75) is 0 Å². The molecule has 0 aliphatic carbocycles. The van der Waals surface area contributed by atoms with Crippen molar-refractivity contribution in [3.8, 4) is 33.4 Å². The molecule has 2 aromatic heterocycles. The van der Waals surface area contributed by atoms with E-state index < -0.39 is 0 Å². The van der Waals surface area contributed by atoms with E-state index in [9.17, 15) is 0 Å². The lowest BCUT2D eigenvalue weighted by Crippen LogP contribution is -2.11. The van der Waals surface area contributed by atoms with E-state index in [0.29, 0.717) is 0 Å². The molecule has 2 heterocycles. The molecule has 0 fully saturated rings. The molecule has 0 aliphatic rings. The highest BCUT2D eigenvalue weighted by molar-refractivity contribution is 7.26. The molecule has 11 rings (SSSR count). The first-order valence-corrected chi connectivity index (χ1v) is 19.5. The number of furan rings is 1. The SMILES string of the molecule is c1ccc(-c2ccc3c(sc4ccccc43)c2N(c2ccc(-c3ccc4ccccc4c3)cc2)c2ccc(-c3cccc4c3oc3ccccc34)cc2)cc1. The summed E-state index contributed by atoms with van der Waals surface area (Å²) in [5.74, 6) is 0. The molecule has 11 aromatic rings. The molecule has 3 heteroatoms. The third-order valence-electron chi connectivity index (χ3n) is 10.9. The molecule has 0 radical (unpaired) electrons. The summed E-state index contributed by atoms with van der Waals surface area (Å²) in [5.41, 5.74) is 12.1. The molecule has 0 saturated carbocycles. The zero-order valence-corrected chi connectivity index (χ0v) is 30.6. The van der Waals surface area contributed by atoms with Crippen LogP contribution in [0.2, 0.25) is 0 Å². The van der Waals surface area contributed by atoms with E-state index in [0.717, 1.165) is 44.4 Å². The van der Waals surface area contributed by atoms with Crippen LogP contribution in [0.3, 0.4) is 0 Å². The van der Waals surface area contributed by atoms with E-state index in [2.05, 4.69) is 193 Å². The summed E-state index contributed by atoms with van der Waals surface area (Å²) in [6.07, 6.45) is 0. The standard InChI is InChI=1S/C52H33NOS/c1-2-12-36(13-3-1)42-31-32-47-45-16-7-9-20-49(45)55-52(47)50(42)53(40-27-23-35(24-28-40)39-22-21-34-11-4-5-14-38(34)33-39)41-29-25-37(26-30-41)43-17-10-18-46-44-15-6-8-19-48(44)54-51(43)46/h1-33H. The van der Waals surface area contributed by atoms with Gasteiger partial charge in [-0.05, 0) is 75.5 Å². The van der Waals surface area contributed by atoms with E-state index in [1.807, 2.05) is 23.5 Å². The van der Waals surface area contributed by atoms with Crippen LogP contribution in [0.25, 0.3) is 86.3 Å². The maximum absolute atomic E-state index is 6.46. The fraction of sp³-hybridized carbons (Fsp3) is 0. The lowest BCUT2D eigenvalue weighted by atomic mass is 9.98. The van der Waals surface area contributed by atoms with Gasteiger partial charge in [0.2, 0.25) is 0 Å². The van der Waals surface area contributed by atoms with Crippen molar-refractivity contribution in [3.63, 3.8) is 0 Å². The van der Waals surface area contributed by atoms with Gasteiger partial charge in [0, 0.05) is 48.7 Å². The van der Waals surface area contributed by atoms with Gasteiger partial charge in [0.05, 0.1) is 10.4 Å². The summed E-state index contributed by atoms with van der Waals surface area (Å²) in [4.78, 5) is 2.45. The maximum atomic E-state index is 6.46. The Labute approximate surface area is 322 Å². The summed E-state index contributed by atoms with van der Waals surface area (Å²) in [5, 5.41) is 7.31. The molecular weight excluding hydrogens is 687 g/mol. The highest BCUT2D eigenvalue weighted by Gasteiger charge is 2.23. The Balaban J connectivity index is 1.11. The van der Waals surface area contributed by atoms with Crippen LogP contribution in [-0.2, 0) is 0 Å². The van der Waals surface area contributed by atoms with Crippen molar-refractivity contribution >= 4 is 81.3 Å². The molecule has 0 spiro atoms. The minimum atomic E-state index is 0.907. The van der Waals surface area contributed by atoms with Crippen LogP contribution < -0.4 is 4.90 Å². The van der Waals surface area contributed by atoms with Crippen LogP contribution in [0.15, 0.2) is 205 Å². The van der Waals surface area contributed by atoms with E-state index in [1.54, 1.807) is 0 Å². The van der Waals surface area contributed by atoms with Crippen LogP contribution in [0.5, 0.6) is 0 Å². The minimum Gasteiger partial charge on any atom is -0.455 e. The Kier molecular flexibility index (Phi) is 7.39. The Morgan fingerprint density at radius 2 is 1.02 bits per heavy atom. The zero-order chi connectivity index (χ0) is 36.3. The molecule has 9 aromatic carbocycles. The monoisotopic (exact) mass is 719 g/mol. The quantitative estimate of drug-likeness (QED) is 0.170. The highest BCUT2D eigenvalue weighted by atomic mass is 32.1. The Morgan fingerprint density at radius 1 is 0.382 bits per heavy atom. The number of hydrogen-bond acceptors (Lipinski definition) is 3. The number of anilines is 3. The Morgan fingerprint density at radius 3 is 1.84 bits per heavy atom. The summed E-state index contributed by atoms with van der Waals surface area (Å²) in [6, 6.07) is 72.2. The molecule has 0 atom stereocenters. The van der Waals surface area contributed by atoms with Crippen LogP contribution in [0.1, 0.15) is 0 Å². The van der Waals surface area contributed by atoms with Crippen molar-refractivity contribution in [2.24, 2.45) is 0 Å². The molecule has 0 saturated heterocycles. The third kappa shape index (κ3) is 5.32. The van der Waals surface area contributed by atoms with Crippen molar-refractivity contribution in [2.75, 3.05) is 4.90 Å². The molecule has 0 aliphatic heterocycles. The number of benzene rings is 9. The van der Waals surface area contributed by atoms with E-state index >= 15 is 0 Å². The number of thiophene rings is 1. The van der Waals surface area contributed by atoms with E-state index in [4.69, 9.17) is 4.42 Å². The second-order valence-electron chi connectivity index (χ2n) is 14.1. The Hall–Kier alpha value is -6.94. The predicted molar refractivity (Wildman–Crippen MR) is 235 cm³/mol. The van der Waals surface area contributed by atoms with Crippen LogP contribution in [-0.4, -0.2) is 0 Å². The van der Waals surface area contributed by atoms with Crippen LogP contribution in [0.4, 0.5) is 17.1 Å². The van der Waals surface area contributed by atoms with Gasteiger partial charge in [-0.25, -0.2) is 0 Å². The molecule has 0 unspecified atom stereocenters. The first-order valence-electron chi connectivity index (χ1n) is 18.7. The molecule has 0 N–H and O–H groups in total. The first-order chi connectivity index (χ1) is 27.3. The molecule has 2 nitrogen and oxygen atoms in total. The second kappa shape index (κ2) is 12.9. The maximum Gasteiger partial charge on any atom is 0.143 e. The third-order valence-corrected chi connectivity index (χ3v) is 12.1. The van der Waals surface area contributed by atoms with Crippen molar-refractivity contribution < 1.29 is 4.42 Å². The molecule has 55 heavy (non-hydrogen) atoms. The largest absolute Gasteiger partial charge is 0.455 e. The average molecular weight is 720 g/mol. The van der Waals surface area contributed by atoms with Crippen molar-refractivity contribution in [1.29, 1.82) is 0 Å². The lowest BCUT2D eigenvalue weighted by Gasteiger charge is -2.29. The molecule has 0 bridgehead atoms. The van der Waals surface area contributed by atoms with Gasteiger partial charge in [0.15, 0.2) is 0 Å². The van der Waals surface area contributed by atoms with E-state index in [-0.39, 0.29) is 0 Å². The fourth-order valence-electron chi connectivity index (χ4n) is 8.19. The van der Waals surface area contributed by atoms with Crippen LogP contribution in [0, 0.1) is 0 Å². The van der Waals surface area contributed by atoms with Gasteiger partial charge in [0.25, 0.3) is 0 Å². The van der Waals surface area contributed by atoms with Crippen LogP contribution >= 0.6 is 11.3 Å². The van der Waals surface area contributed by atoms with Gasteiger partial charge in [-0.1, -0.05) is 158 Å². The number of rotatable bonds is 6. The second-order valence-corrected chi connectivity index (χ2v) is 15.1. The van der Waals surface area contributed by atoms with Crippen molar-refractivity contribution in [3.05, 3.63) is 200 Å². The fourth-order valence-corrected chi connectivity index (χ4v) is 9.43.